The topological polar surface area (TPSA) is 35.6 Å². The first-order valence-corrected chi connectivity index (χ1v) is 19.0. The van der Waals surface area contributed by atoms with Gasteiger partial charge in [0.15, 0.2) is 0 Å². The molecule has 4 heteroatoms. The Labute approximate surface area is 324 Å². The van der Waals surface area contributed by atoms with Crippen molar-refractivity contribution >= 4 is 43.7 Å². The molecule has 11 aromatic rings. The van der Waals surface area contributed by atoms with Gasteiger partial charge in [0, 0.05) is 50.2 Å². The lowest BCUT2D eigenvalue weighted by Crippen LogP contribution is -1.95. The normalized spacial score (nSPS) is 11.6. The minimum atomic E-state index is 0.952. The summed E-state index contributed by atoms with van der Waals surface area (Å²) in [7, 11) is 0. The Morgan fingerprint density at radius 3 is 1.71 bits per heavy atom. The molecule has 56 heavy (non-hydrogen) atoms. The highest BCUT2D eigenvalue weighted by atomic mass is 15.0. The van der Waals surface area contributed by atoms with Crippen LogP contribution in [0.3, 0.4) is 0 Å². The first kappa shape index (κ1) is 31.9. The van der Waals surface area contributed by atoms with Gasteiger partial charge in [0.05, 0.1) is 27.9 Å². The lowest BCUT2D eigenvalue weighted by Gasteiger charge is -2.13. The Bertz CT molecular complexity index is 3170. The van der Waals surface area contributed by atoms with Crippen molar-refractivity contribution in [2.24, 2.45) is 0 Å². The van der Waals surface area contributed by atoms with Gasteiger partial charge >= 0.3 is 0 Å². The monoisotopic (exact) mass is 714 g/mol. The van der Waals surface area contributed by atoms with Crippen molar-refractivity contribution in [2.75, 3.05) is 0 Å². The molecule has 0 aliphatic carbocycles. The summed E-state index contributed by atoms with van der Waals surface area (Å²) in [6, 6.07) is 71.3. The lowest BCUT2D eigenvalue weighted by molar-refractivity contribution is 1.14. The third kappa shape index (κ3) is 5.23. The van der Waals surface area contributed by atoms with E-state index in [4.69, 9.17) is 9.97 Å². The van der Waals surface area contributed by atoms with Gasteiger partial charge in [-0.05, 0) is 95.1 Å². The maximum Gasteiger partial charge on any atom is 0.145 e. The maximum atomic E-state index is 5.13. The van der Waals surface area contributed by atoms with Crippen molar-refractivity contribution in [3.8, 4) is 56.1 Å². The minimum absolute atomic E-state index is 0.952. The summed E-state index contributed by atoms with van der Waals surface area (Å²) < 4.78 is 4.68. The molecule has 7 aromatic carbocycles. The average Bonchev–Trinajstić information content (AvgIpc) is 3.80. The standard InChI is InChI=1S/C52H34N4/c1-4-15-35(16-5-1)46-33-39(34-47(54-46)36-17-6-2-7-18-36)37-19-12-22-41(31-37)55-48-26-11-10-23-44(48)51-42(24-13-27-50(51)55)38-28-29-49-45(32-38)43-25-14-30-53-52(43)56(49)40-20-8-3-9-21-40/h1-34H. The summed E-state index contributed by atoms with van der Waals surface area (Å²) in [4.78, 5) is 9.98. The molecule has 0 aliphatic heterocycles. The third-order valence-electron chi connectivity index (χ3n) is 11.0. The van der Waals surface area contributed by atoms with Crippen LogP contribution < -0.4 is 0 Å². The van der Waals surface area contributed by atoms with E-state index in [1.807, 2.05) is 24.4 Å². The number of benzene rings is 7. The predicted octanol–water partition coefficient (Wildman–Crippen LogP) is 13.3. The molecule has 0 bridgehead atoms. The number of hydrogen-bond donors (Lipinski definition) is 0. The highest BCUT2D eigenvalue weighted by Crippen LogP contribution is 2.41. The van der Waals surface area contributed by atoms with Gasteiger partial charge in [0.25, 0.3) is 0 Å². The van der Waals surface area contributed by atoms with Crippen LogP contribution in [0.15, 0.2) is 206 Å². The SMILES string of the molecule is c1ccc(-c2cc(-c3cccc(-n4c5ccccc5c5c(-c6ccc7c(c6)c6cccnc6n7-c6ccccc6)cccc54)c3)cc(-c3ccccc3)n2)cc1. The van der Waals surface area contributed by atoms with E-state index in [9.17, 15) is 0 Å². The van der Waals surface area contributed by atoms with Crippen molar-refractivity contribution in [3.63, 3.8) is 0 Å². The first-order valence-electron chi connectivity index (χ1n) is 19.0. The van der Waals surface area contributed by atoms with Gasteiger partial charge in [-0.25, -0.2) is 9.97 Å². The number of para-hydroxylation sites is 2. The molecule has 0 fully saturated rings. The zero-order valence-electron chi connectivity index (χ0n) is 30.4. The van der Waals surface area contributed by atoms with E-state index in [1.165, 1.54) is 38.3 Å². The van der Waals surface area contributed by atoms with Crippen LogP contribution >= 0.6 is 0 Å². The highest BCUT2D eigenvalue weighted by molar-refractivity contribution is 6.17. The number of nitrogens with zero attached hydrogens (tertiary/aromatic N) is 4. The molecule has 0 radical (unpaired) electrons. The van der Waals surface area contributed by atoms with Gasteiger partial charge in [0.1, 0.15) is 5.65 Å². The van der Waals surface area contributed by atoms with Crippen molar-refractivity contribution in [1.29, 1.82) is 0 Å². The maximum absolute atomic E-state index is 5.13. The Morgan fingerprint density at radius 2 is 0.946 bits per heavy atom. The predicted molar refractivity (Wildman–Crippen MR) is 232 cm³/mol. The van der Waals surface area contributed by atoms with E-state index in [-0.39, 0.29) is 0 Å². The van der Waals surface area contributed by atoms with Gasteiger partial charge in [-0.2, -0.15) is 0 Å². The molecule has 0 unspecified atom stereocenters. The summed E-state index contributed by atoms with van der Waals surface area (Å²) in [6.45, 7) is 0. The summed E-state index contributed by atoms with van der Waals surface area (Å²) in [5.74, 6) is 0. The molecule has 0 amide bonds. The zero-order valence-corrected chi connectivity index (χ0v) is 30.4. The third-order valence-corrected chi connectivity index (χ3v) is 11.0. The molecule has 0 atom stereocenters. The first-order chi connectivity index (χ1) is 27.8. The van der Waals surface area contributed by atoms with Crippen molar-refractivity contribution in [1.82, 2.24) is 19.1 Å². The number of pyridine rings is 2. The summed E-state index contributed by atoms with van der Waals surface area (Å²) in [6.07, 6.45) is 1.88. The molecule has 0 saturated carbocycles. The molecule has 262 valence electrons. The number of hydrogen-bond acceptors (Lipinski definition) is 2. The van der Waals surface area contributed by atoms with E-state index >= 15 is 0 Å². The fourth-order valence-corrected chi connectivity index (χ4v) is 8.43. The van der Waals surface area contributed by atoms with E-state index in [0.29, 0.717) is 0 Å². The molecule has 0 N–H and O–H groups in total. The second-order valence-electron chi connectivity index (χ2n) is 14.2. The minimum Gasteiger partial charge on any atom is -0.309 e. The Hall–Kier alpha value is -7.56. The van der Waals surface area contributed by atoms with E-state index in [1.54, 1.807) is 0 Å². The van der Waals surface area contributed by atoms with E-state index in [0.717, 1.165) is 61.6 Å². The van der Waals surface area contributed by atoms with Crippen molar-refractivity contribution < 1.29 is 0 Å². The quantitative estimate of drug-likeness (QED) is 0.172. The van der Waals surface area contributed by atoms with Crippen LogP contribution in [0, 0.1) is 0 Å². The summed E-state index contributed by atoms with van der Waals surface area (Å²) in [5.41, 5.74) is 15.4. The Balaban J connectivity index is 1.09. The summed E-state index contributed by atoms with van der Waals surface area (Å²) >= 11 is 0. The molecule has 4 heterocycles. The number of fused-ring (bicyclic) bond motifs is 6. The van der Waals surface area contributed by atoms with E-state index < -0.39 is 0 Å². The van der Waals surface area contributed by atoms with Crippen LogP contribution in [0.2, 0.25) is 0 Å². The fraction of sp³-hybridized carbons (Fsp3) is 0. The van der Waals surface area contributed by atoms with Crippen LogP contribution in [-0.4, -0.2) is 19.1 Å². The molecule has 4 nitrogen and oxygen atoms in total. The van der Waals surface area contributed by atoms with Crippen LogP contribution in [-0.2, 0) is 0 Å². The van der Waals surface area contributed by atoms with Crippen LogP contribution in [0.4, 0.5) is 0 Å². The smallest absolute Gasteiger partial charge is 0.145 e. The molecule has 0 aliphatic rings. The second kappa shape index (κ2) is 13.1. The van der Waals surface area contributed by atoms with Gasteiger partial charge < -0.3 is 4.57 Å². The molecule has 0 saturated heterocycles. The largest absolute Gasteiger partial charge is 0.309 e. The Kier molecular flexibility index (Phi) is 7.46. The highest BCUT2D eigenvalue weighted by Gasteiger charge is 2.19. The summed E-state index contributed by atoms with van der Waals surface area (Å²) in [5, 5.41) is 4.78. The van der Waals surface area contributed by atoms with E-state index in [2.05, 4.69) is 191 Å². The molecule has 0 spiro atoms. The Morgan fingerprint density at radius 1 is 0.339 bits per heavy atom. The molecular weight excluding hydrogens is 681 g/mol. The van der Waals surface area contributed by atoms with Gasteiger partial charge in [-0.1, -0.05) is 127 Å². The molecular formula is C52H34N4. The second-order valence-corrected chi connectivity index (χ2v) is 14.2. The average molecular weight is 715 g/mol. The fourth-order valence-electron chi connectivity index (χ4n) is 8.43. The van der Waals surface area contributed by atoms with Crippen LogP contribution in [0.5, 0.6) is 0 Å². The van der Waals surface area contributed by atoms with Crippen molar-refractivity contribution in [3.05, 3.63) is 206 Å². The van der Waals surface area contributed by atoms with Gasteiger partial charge in [0.2, 0.25) is 0 Å². The number of aromatic nitrogens is 4. The van der Waals surface area contributed by atoms with Crippen LogP contribution in [0.1, 0.15) is 0 Å². The zero-order chi connectivity index (χ0) is 37.0. The lowest BCUT2D eigenvalue weighted by atomic mass is 9.98. The molecule has 11 rings (SSSR count). The van der Waals surface area contributed by atoms with Crippen LogP contribution in [0.25, 0.3) is 99.9 Å². The van der Waals surface area contributed by atoms with Crippen molar-refractivity contribution in [2.45, 2.75) is 0 Å². The molecule has 4 aromatic heterocycles. The van der Waals surface area contributed by atoms with Gasteiger partial charge in [-0.3, -0.25) is 4.57 Å². The van der Waals surface area contributed by atoms with Gasteiger partial charge in [-0.15, -0.1) is 0 Å². The number of rotatable bonds is 6.